The Bertz CT molecular complexity index is 919. The number of rotatable bonds is 3. The maximum Gasteiger partial charge on any atom is 0.289 e. The van der Waals surface area contributed by atoms with Crippen LogP contribution in [0, 0.1) is 0 Å². The van der Waals surface area contributed by atoms with E-state index in [0.29, 0.717) is 43.4 Å². The van der Waals surface area contributed by atoms with Crippen molar-refractivity contribution in [3.8, 4) is 11.5 Å². The van der Waals surface area contributed by atoms with Gasteiger partial charge in [0.2, 0.25) is 5.96 Å². The van der Waals surface area contributed by atoms with Crippen molar-refractivity contribution in [1.82, 2.24) is 14.7 Å². The summed E-state index contributed by atoms with van der Waals surface area (Å²) < 4.78 is 16.0. The molecule has 1 fully saturated rings. The van der Waals surface area contributed by atoms with Crippen molar-refractivity contribution >= 4 is 17.6 Å². The van der Waals surface area contributed by atoms with E-state index in [9.17, 15) is 4.79 Å². The molecule has 2 aromatic rings. The number of fused-ring (bicyclic) bond motifs is 1. The first-order valence-corrected chi connectivity index (χ1v) is 9.44. The van der Waals surface area contributed by atoms with Gasteiger partial charge in [0.05, 0.1) is 26.2 Å². The summed E-state index contributed by atoms with van der Waals surface area (Å²) in [7, 11) is 5.11. The van der Waals surface area contributed by atoms with Crippen LogP contribution >= 0.6 is 0 Å². The number of carbonyl (C=O) groups excluding carboxylic acids is 1. The topological polar surface area (TPSA) is 96.8 Å². The van der Waals surface area contributed by atoms with Crippen molar-refractivity contribution in [3.63, 3.8) is 0 Å². The lowest BCUT2D eigenvalue weighted by Gasteiger charge is -2.42. The molecule has 2 aliphatic heterocycles. The number of nitrogens with zero attached hydrogens (tertiary/aromatic N) is 4. The Morgan fingerprint density at radius 2 is 1.86 bits per heavy atom. The summed E-state index contributed by atoms with van der Waals surface area (Å²) in [5.74, 6) is 2.29. The number of guanidine groups is 1. The molecule has 4 rings (SSSR count). The fraction of sp³-hybridized carbons (Fsp3) is 0.400. The van der Waals surface area contributed by atoms with Gasteiger partial charge in [0.15, 0.2) is 17.3 Å². The second-order valence-corrected chi connectivity index (χ2v) is 6.99. The van der Waals surface area contributed by atoms with Crippen molar-refractivity contribution in [3.05, 3.63) is 41.9 Å². The number of aliphatic imine (C=N–C) groups is 1. The van der Waals surface area contributed by atoms with Crippen molar-refractivity contribution in [1.29, 1.82) is 0 Å². The molecule has 0 spiro atoms. The van der Waals surface area contributed by atoms with Crippen molar-refractivity contribution < 1.29 is 18.7 Å². The first-order chi connectivity index (χ1) is 14.0. The van der Waals surface area contributed by atoms with Gasteiger partial charge in [0, 0.05) is 44.9 Å². The van der Waals surface area contributed by atoms with Gasteiger partial charge >= 0.3 is 0 Å². The average molecular weight is 399 g/mol. The Balaban J connectivity index is 1.55. The predicted molar refractivity (Wildman–Crippen MR) is 108 cm³/mol. The van der Waals surface area contributed by atoms with Crippen LogP contribution in [0.1, 0.15) is 22.3 Å². The molecule has 29 heavy (non-hydrogen) atoms. The molecule has 9 nitrogen and oxygen atoms in total. The van der Waals surface area contributed by atoms with E-state index in [2.05, 4.69) is 4.90 Å². The first kappa shape index (κ1) is 19.1. The minimum absolute atomic E-state index is 0.0903. The van der Waals surface area contributed by atoms with E-state index >= 15 is 0 Å². The number of ether oxygens (including phenoxy) is 2. The maximum absolute atomic E-state index is 12.5. The number of methoxy groups -OCH3 is 2. The predicted octanol–water partition coefficient (Wildman–Crippen LogP) is 1.64. The normalized spacial score (nSPS) is 19.0. The minimum Gasteiger partial charge on any atom is -0.493 e. The van der Waals surface area contributed by atoms with Gasteiger partial charge < -0.3 is 34.3 Å². The van der Waals surface area contributed by atoms with Crippen molar-refractivity contribution in [2.75, 3.05) is 47.4 Å². The third-order valence-corrected chi connectivity index (χ3v) is 5.39. The molecule has 1 aromatic heterocycles. The van der Waals surface area contributed by atoms with E-state index in [0.717, 1.165) is 17.2 Å². The molecule has 0 bridgehead atoms. The Morgan fingerprint density at radius 1 is 1.17 bits per heavy atom. The lowest BCUT2D eigenvalue weighted by atomic mass is 10.1. The molecule has 1 saturated heterocycles. The number of piperazine rings is 1. The largest absolute Gasteiger partial charge is 0.493 e. The highest BCUT2D eigenvalue weighted by molar-refractivity contribution is 5.92. The van der Waals surface area contributed by atoms with E-state index in [-0.39, 0.29) is 12.1 Å². The van der Waals surface area contributed by atoms with E-state index < -0.39 is 0 Å². The summed E-state index contributed by atoms with van der Waals surface area (Å²) in [5.41, 5.74) is 8.12. The fourth-order valence-electron chi connectivity index (χ4n) is 3.70. The fourth-order valence-corrected chi connectivity index (χ4v) is 3.70. The van der Waals surface area contributed by atoms with Gasteiger partial charge in [0.1, 0.15) is 6.17 Å². The molecule has 3 heterocycles. The monoisotopic (exact) mass is 399 g/mol. The van der Waals surface area contributed by atoms with Gasteiger partial charge in [-0.15, -0.1) is 0 Å². The first-order valence-electron chi connectivity index (χ1n) is 9.44. The van der Waals surface area contributed by atoms with Crippen LogP contribution in [0.3, 0.4) is 0 Å². The summed E-state index contributed by atoms with van der Waals surface area (Å²) in [6.07, 6.45) is 1.15. The summed E-state index contributed by atoms with van der Waals surface area (Å²) in [4.78, 5) is 23.2. The molecule has 1 unspecified atom stereocenters. The second-order valence-electron chi connectivity index (χ2n) is 6.99. The zero-order chi connectivity index (χ0) is 20.5. The van der Waals surface area contributed by atoms with Gasteiger partial charge in [-0.05, 0) is 18.2 Å². The second kappa shape index (κ2) is 7.67. The quantitative estimate of drug-likeness (QED) is 0.838. The zero-order valence-electron chi connectivity index (χ0n) is 16.8. The van der Waals surface area contributed by atoms with Crippen LogP contribution in [0.2, 0.25) is 0 Å². The third kappa shape index (κ3) is 3.38. The summed E-state index contributed by atoms with van der Waals surface area (Å²) in [5, 5.41) is 0. The molecular weight excluding hydrogens is 374 g/mol. The van der Waals surface area contributed by atoms with E-state index in [1.165, 1.54) is 6.26 Å². The van der Waals surface area contributed by atoms with Gasteiger partial charge in [-0.25, -0.2) is 4.99 Å². The van der Waals surface area contributed by atoms with Crippen LogP contribution in [-0.2, 0) is 0 Å². The number of nitrogens with two attached hydrogens (primary N) is 1. The molecule has 1 atom stereocenters. The highest BCUT2D eigenvalue weighted by Gasteiger charge is 2.32. The molecular formula is C20H25N5O4. The standard InChI is InChI=1S/C20H25N5O4/c1-23-18(21)13-11-16(27-2)17(28-3)12-14(13)22-20(23)25-8-6-24(7-9-25)19(26)15-5-4-10-29-15/h4-5,10-12,18H,6-9,21H2,1-3H3. The van der Waals surface area contributed by atoms with Crippen LogP contribution in [0.4, 0.5) is 5.69 Å². The SMILES string of the molecule is COc1cc2c(cc1OC)C(N)N(C)C(N1CCN(C(=O)c3ccco3)CC1)=N2. The van der Waals surface area contributed by atoms with Crippen LogP contribution < -0.4 is 15.2 Å². The Kier molecular flexibility index (Phi) is 5.06. The van der Waals surface area contributed by atoms with Gasteiger partial charge in [0.25, 0.3) is 5.91 Å². The highest BCUT2D eigenvalue weighted by Crippen LogP contribution is 2.40. The van der Waals surface area contributed by atoms with Crippen molar-refractivity contribution in [2.24, 2.45) is 10.7 Å². The summed E-state index contributed by atoms with van der Waals surface area (Å²) in [6, 6.07) is 7.12. The highest BCUT2D eigenvalue weighted by atomic mass is 16.5. The number of amides is 1. The van der Waals surface area contributed by atoms with E-state index in [1.807, 2.05) is 24.1 Å². The van der Waals surface area contributed by atoms with Crippen LogP contribution in [-0.4, -0.2) is 74.0 Å². The Labute approximate surface area is 169 Å². The molecule has 2 N–H and O–H groups in total. The number of furan rings is 1. The molecule has 1 amide bonds. The van der Waals surface area contributed by atoms with Gasteiger partial charge in [-0.2, -0.15) is 0 Å². The Hall–Kier alpha value is -3.20. The number of benzene rings is 1. The summed E-state index contributed by atoms with van der Waals surface area (Å²) in [6.45, 7) is 2.48. The smallest absolute Gasteiger partial charge is 0.289 e. The molecule has 0 aliphatic carbocycles. The van der Waals surface area contributed by atoms with Crippen LogP contribution in [0.5, 0.6) is 11.5 Å². The van der Waals surface area contributed by atoms with Gasteiger partial charge in [-0.1, -0.05) is 0 Å². The average Bonchev–Trinajstić information content (AvgIpc) is 3.30. The van der Waals surface area contributed by atoms with Crippen LogP contribution in [0.15, 0.2) is 39.9 Å². The van der Waals surface area contributed by atoms with Crippen LogP contribution in [0.25, 0.3) is 0 Å². The molecule has 154 valence electrons. The molecule has 9 heteroatoms. The number of hydrogen-bond donors (Lipinski definition) is 1. The van der Waals surface area contributed by atoms with E-state index in [4.69, 9.17) is 24.6 Å². The molecule has 0 saturated carbocycles. The Morgan fingerprint density at radius 3 is 2.48 bits per heavy atom. The van der Waals surface area contributed by atoms with Gasteiger partial charge in [-0.3, -0.25) is 4.79 Å². The lowest BCUT2D eigenvalue weighted by Crippen LogP contribution is -2.55. The molecule has 2 aliphatic rings. The molecule has 1 aromatic carbocycles. The maximum atomic E-state index is 12.5. The van der Waals surface area contributed by atoms with E-state index in [1.54, 1.807) is 31.3 Å². The lowest BCUT2D eigenvalue weighted by molar-refractivity contribution is 0.0650. The summed E-state index contributed by atoms with van der Waals surface area (Å²) >= 11 is 0. The minimum atomic E-state index is -0.361. The molecule has 0 radical (unpaired) electrons. The third-order valence-electron chi connectivity index (χ3n) is 5.39. The zero-order valence-corrected chi connectivity index (χ0v) is 16.8. The number of hydrogen-bond acceptors (Lipinski definition) is 8. The van der Waals surface area contributed by atoms with Crippen molar-refractivity contribution in [2.45, 2.75) is 6.17 Å². The number of carbonyl (C=O) groups is 1.